The zero-order valence-electron chi connectivity index (χ0n) is 15.3. The molecule has 3 N–H and O–H groups in total. The minimum atomic E-state index is -0.490. The molecule has 0 radical (unpaired) electrons. The summed E-state index contributed by atoms with van der Waals surface area (Å²) in [5.41, 5.74) is 2.35. The van der Waals surface area contributed by atoms with E-state index < -0.39 is 17.8 Å². The van der Waals surface area contributed by atoms with E-state index in [9.17, 15) is 14.0 Å². The smallest absolute Gasteiger partial charge is 0.272 e. The van der Waals surface area contributed by atoms with E-state index in [1.807, 2.05) is 25.1 Å². The predicted molar refractivity (Wildman–Crippen MR) is 111 cm³/mol. The van der Waals surface area contributed by atoms with Crippen LogP contribution in [-0.4, -0.2) is 23.4 Å². The number of carbonyl (C=O) groups is 2. The van der Waals surface area contributed by atoms with Crippen molar-refractivity contribution < 1.29 is 14.0 Å². The average Bonchev–Trinajstić information content (AvgIpc) is 3.03. The normalized spacial score (nSPS) is 15.4. The summed E-state index contributed by atoms with van der Waals surface area (Å²) >= 11 is 3.25. The molecule has 3 aromatic rings. The number of benzene rings is 2. The van der Waals surface area contributed by atoms with E-state index >= 15 is 0 Å². The van der Waals surface area contributed by atoms with Crippen LogP contribution in [0.3, 0.4) is 0 Å². The SMILES string of the molecule is CCC1C(=O)Nc2cccc3cc(C(=O)Nc4cc(Br)cc(F)c4NC)n1c23. The van der Waals surface area contributed by atoms with Crippen molar-refractivity contribution >= 4 is 55.7 Å². The van der Waals surface area contributed by atoms with Crippen molar-refractivity contribution in [3.63, 3.8) is 0 Å². The highest BCUT2D eigenvalue weighted by Crippen LogP contribution is 2.36. The fourth-order valence-corrected chi connectivity index (χ4v) is 4.13. The third-order valence-electron chi connectivity index (χ3n) is 4.90. The molecule has 1 unspecified atom stereocenters. The molecule has 2 heterocycles. The predicted octanol–water partition coefficient (Wildman–Crippen LogP) is 4.74. The van der Waals surface area contributed by atoms with Gasteiger partial charge < -0.3 is 20.5 Å². The molecule has 0 saturated carbocycles. The van der Waals surface area contributed by atoms with E-state index in [2.05, 4.69) is 31.9 Å². The van der Waals surface area contributed by atoms with Crippen LogP contribution >= 0.6 is 15.9 Å². The molecule has 0 aliphatic carbocycles. The van der Waals surface area contributed by atoms with Gasteiger partial charge >= 0.3 is 0 Å². The van der Waals surface area contributed by atoms with E-state index in [0.29, 0.717) is 28.0 Å². The standard InChI is InChI=1S/C20H18BrFN4O2/c1-3-15-19(27)24-13-6-4-5-10-7-16(26(15)18(10)13)20(28)25-14-9-11(21)8-12(22)17(14)23-2/h4-9,15,23H,3H2,1-2H3,(H,24,27)(H,25,28). The summed E-state index contributed by atoms with van der Waals surface area (Å²) in [6.45, 7) is 1.90. The van der Waals surface area contributed by atoms with Gasteiger partial charge in [-0.2, -0.15) is 0 Å². The molecule has 144 valence electrons. The number of para-hydroxylation sites is 1. The van der Waals surface area contributed by atoms with Gasteiger partial charge in [0.2, 0.25) is 5.91 Å². The second-order valence-electron chi connectivity index (χ2n) is 6.57. The third-order valence-corrected chi connectivity index (χ3v) is 5.36. The Labute approximate surface area is 169 Å². The Balaban J connectivity index is 1.83. The summed E-state index contributed by atoms with van der Waals surface area (Å²) in [4.78, 5) is 25.6. The van der Waals surface area contributed by atoms with Crippen LogP contribution in [0.25, 0.3) is 10.9 Å². The zero-order chi connectivity index (χ0) is 20.0. The lowest BCUT2D eigenvalue weighted by Crippen LogP contribution is -2.32. The van der Waals surface area contributed by atoms with E-state index in [1.165, 1.54) is 6.07 Å². The van der Waals surface area contributed by atoms with Gasteiger partial charge in [-0.25, -0.2) is 4.39 Å². The van der Waals surface area contributed by atoms with Crippen LogP contribution in [0.15, 0.2) is 40.9 Å². The first kappa shape index (κ1) is 18.5. The van der Waals surface area contributed by atoms with E-state index in [0.717, 1.165) is 10.9 Å². The first-order valence-electron chi connectivity index (χ1n) is 8.87. The second-order valence-corrected chi connectivity index (χ2v) is 7.49. The molecule has 28 heavy (non-hydrogen) atoms. The summed E-state index contributed by atoms with van der Waals surface area (Å²) in [5, 5.41) is 9.30. The van der Waals surface area contributed by atoms with Gasteiger partial charge in [0, 0.05) is 16.9 Å². The summed E-state index contributed by atoms with van der Waals surface area (Å²) in [7, 11) is 1.58. The molecule has 0 saturated heterocycles. The van der Waals surface area contributed by atoms with Crippen LogP contribution in [0.5, 0.6) is 0 Å². The number of aromatic nitrogens is 1. The number of halogens is 2. The van der Waals surface area contributed by atoms with Gasteiger partial charge in [-0.1, -0.05) is 35.0 Å². The second kappa shape index (κ2) is 6.94. The molecule has 0 spiro atoms. The Kier molecular flexibility index (Phi) is 4.58. The van der Waals surface area contributed by atoms with Crippen LogP contribution in [0.1, 0.15) is 29.9 Å². The van der Waals surface area contributed by atoms with Crippen molar-refractivity contribution in [3.05, 3.63) is 52.4 Å². The highest BCUT2D eigenvalue weighted by Gasteiger charge is 2.31. The van der Waals surface area contributed by atoms with Crippen molar-refractivity contribution in [2.45, 2.75) is 19.4 Å². The minimum absolute atomic E-state index is 0.155. The van der Waals surface area contributed by atoms with Crippen molar-refractivity contribution in [2.75, 3.05) is 23.0 Å². The average molecular weight is 445 g/mol. The van der Waals surface area contributed by atoms with Crippen LogP contribution < -0.4 is 16.0 Å². The molecule has 2 aromatic carbocycles. The Hall–Kier alpha value is -2.87. The number of rotatable bonds is 4. The Morgan fingerprint density at radius 2 is 2.11 bits per heavy atom. The monoisotopic (exact) mass is 444 g/mol. The lowest BCUT2D eigenvalue weighted by molar-refractivity contribution is -0.119. The number of nitrogens with one attached hydrogen (secondary N) is 3. The third kappa shape index (κ3) is 2.84. The molecular formula is C20H18BrFN4O2. The molecule has 0 fully saturated rings. The minimum Gasteiger partial charge on any atom is -0.384 e. The Morgan fingerprint density at radius 3 is 2.82 bits per heavy atom. The number of hydrogen-bond acceptors (Lipinski definition) is 3. The van der Waals surface area contributed by atoms with E-state index in [4.69, 9.17) is 0 Å². The Bertz CT molecular complexity index is 1130. The number of anilines is 3. The van der Waals surface area contributed by atoms with Crippen LogP contribution in [0, 0.1) is 5.82 Å². The number of amides is 2. The molecule has 1 atom stereocenters. The molecule has 6 nitrogen and oxygen atoms in total. The Morgan fingerprint density at radius 1 is 1.32 bits per heavy atom. The first-order chi connectivity index (χ1) is 13.4. The van der Waals surface area contributed by atoms with Gasteiger partial charge in [0.1, 0.15) is 17.6 Å². The van der Waals surface area contributed by atoms with Crippen molar-refractivity contribution in [1.82, 2.24) is 4.57 Å². The maximum absolute atomic E-state index is 14.2. The van der Waals surface area contributed by atoms with Gasteiger partial charge in [-0.05, 0) is 30.7 Å². The van der Waals surface area contributed by atoms with Crippen molar-refractivity contribution in [1.29, 1.82) is 0 Å². The van der Waals surface area contributed by atoms with E-state index in [1.54, 1.807) is 23.7 Å². The van der Waals surface area contributed by atoms with Crippen LogP contribution in [-0.2, 0) is 4.79 Å². The van der Waals surface area contributed by atoms with Gasteiger partial charge in [0.15, 0.2) is 0 Å². The maximum atomic E-state index is 14.2. The number of hydrogen-bond donors (Lipinski definition) is 3. The molecule has 2 amide bonds. The molecule has 8 heteroatoms. The first-order valence-corrected chi connectivity index (χ1v) is 9.66. The lowest BCUT2D eigenvalue weighted by Gasteiger charge is -2.26. The summed E-state index contributed by atoms with van der Waals surface area (Å²) < 4.78 is 16.5. The molecule has 1 aromatic heterocycles. The van der Waals surface area contributed by atoms with E-state index in [-0.39, 0.29) is 11.6 Å². The quantitative estimate of drug-likeness (QED) is 0.543. The molecule has 1 aliphatic heterocycles. The van der Waals surface area contributed by atoms with Crippen molar-refractivity contribution in [2.24, 2.45) is 0 Å². The number of carbonyl (C=O) groups excluding carboxylic acids is 2. The van der Waals surface area contributed by atoms with Crippen LogP contribution in [0.2, 0.25) is 0 Å². The summed E-state index contributed by atoms with van der Waals surface area (Å²) in [6, 6.07) is 9.75. The lowest BCUT2D eigenvalue weighted by atomic mass is 10.1. The largest absolute Gasteiger partial charge is 0.384 e. The van der Waals surface area contributed by atoms with Crippen LogP contribution in [0.4, 0.5) is 21.5 Å². The van der Waals surface area contributed by atoms with Crippen molar-refractivity contribution in [3.8, 4) is 0 Å². The topological polar surface area (TPSA) is 75.2 Å². The summed E-state index contributed by atoms with van der Waals surface area (Å²) in [5.74, 6) is -1.05. The fraction of sp³-hybridized carbons (Fsp3) is 0.200. The highest BCUT2D eigenvalue weighted by molar-refractivity contribution is 9.10. The van der Waals surface area contributed by atoms with Gasteiger partial charge in [0.25, 0.3) is 5.91 Å². The molecule has 1 aliphatic rings. The zero-order valence-corrected chi connectivity index (χ0v) is 16.9. The number of nitrogens with zero attached hydrogens (tertiary/aromatic N) is 1. The molecule has 4 rings (SSSR count). The fourth-order valence-electron chi connectivity index (χ4n) is 3.70. The van der Waals surface area contributed by atoms with Gasteiger partial charge in [0.05, 0.1) is 22.6 Å². The van der Waals surface area contributed by atoms with Gasteiger partial charge in [-0.15, -0.1) is 0 Å². The molecule has 0 bridgehead atoms. The highest BCUT2D eigenvalue weighted by atomic mass is 79.9. The summed E-state index contributed by atoms with van der Waals surface area (Å²) in [6.07, 6.45) is 0.539. The maximum Gasteiger partial charge on any atom is 0.272 e. The van der Waals surface area contributed by atoms with Gasteiger partial charge in [-0.3, -0.25) is 9.59 Å². The molecular weight excluding hydrogens is 427 g/mol.